The van der Waals surface area contributed by atoms with Crippen LogP contribution in [0.3, 0.4) is 0 Å². The van der Waals surface area contributed by atoms with Gasteiger partial charge in [-0.15, -0.1) is 24.0 Å². The van der Waals surface area contributed by atoms with Crippen LogP contribution >= 0.6 is 39.9 Å². The van der Waals surface area contributed by atoms with Gasteiger partial charge in [0, 0.05) is 36.2 Å². The molecule has 25 heavy (non-hydrogen) atoms. The minimum Gasteiger partial charge on any atom is -0.357 e. The van der Waals surface area contributed by atoms with Gasteiger partial charge in [-0.1, -0.05) is 41.9 Å². The number of nitrogens with one attached hydrogen (secondary N) is 2. The molecule has 0 radical (unpaired) electrons. The van der Waals surface area contributed by atoms with Crippen LogP contribution in [0.1, 0.15) is 32.0 Å². The number of nitrogens with zero attached hydrogens (tertiary/aromatic N) is 3. The van der Waals surface area contributed by atoms with E-state index >= 15 is 0 Å². The maximum absolute atomic E-state index is 4.66. The van der Waals surface area contributed by atoms with Crippen LogP contribution in [0, 0.1) is 0 Å². The number of rotatable bonds is 6. The number of halogens is 2. The van der Waals surface area contributed by atoms with E-state index in [1.807, 2.05) is 23.9 Å². The molecule has 138 valence electrons. The third kappa shape index (κ3) is 6.62. The number of aromatic nitrogens is 2. The van der Waals surface area contributed by atoms with Crippen molar-refractivity contribution in [3.63, 3.8) is 0 Å². The Hall–Kier alpha value is -1.09. The summed E-state index contributed by atoms with van der Waals surface area (Å²) in [5.41, 5.74) is 2.36. The molecule has 0 amide bonds. The lowest BCUT2D eigenvalue weighted by atomic mass is 9.85. The smallest absolute Gasteiger partial charge is 0.191 e. The van der Waals surface area contributed by atoms with Crippen LogP contribution in [0.2, 0.25) is 0 Å². The minimum atomic E-state index is -0.00744. The third-order valence-electron chi connectivity index (χ3n) is 3.97. The second kappa shape index (κ2) is 10.2. The van der Waals surface area contributed by atoms with E-state index in [1.165, 1.54) is 5.56 Å². The van der Waals surface area contributed by atoms with Crippen molar-refractivity contribution >= 4 is 45.9 Å². The molecule has 2 aromatic rings. The summed E-state index contributed by atoms with van der Waals surface area (Å²) in [6.07, 6.45) is 1.79. The van der Waals surface area contributed by atoms with Gasteiger partial charge in [-0.3, -0.25) is 4.68 Å². The largest absolute Gasteiger partial charge is 0.357 e. The lowest BCUT2D eigenvalue weighted by Gasteiger charge is -2.27. The maximum atomic E-state index is 4.66. The Morgan fingerprint density at radius 3 is 2.64 bits per heavy atom. The van der Waals surface area contributed by atoms with E-state index in [-0.39, 0.29) is 29.4 Å². The molecule has 0 bridgehead atoms. The first-order valence-corrected chi connectivity index (χ1v) is 8.97. The summed E-state index contributed by atoms with van der Waals surface area (Å²) < 4.78 is 2.95. The lowest BCUT2D eigenvalue weighted by Crippen LogP contribution is -2.43. The van der Waals surface area contributed by atoms with Crippen molar-refractivity contribution in [2.24, 2.45) is 12.0 Å². The molecule has 0 aliphatic rings. The Morgan fingerprint density at radius 1 is 1.28 bits per heavy atom. The van der Waals surface area contributed by atoms with Crippen LogP contribution in [0.4, 0.5) is 0 Å². The molecule has 7 heteroatoms. The number of benzene rings is 1. The summed E-state index contributed by atoms with van der Waals surface area (Å²) in [6.45, 7) is 8.75. The molecule has 1 heterocycles. The zero-order valence-corrected chi connectivity index (χ0v) is 19.1. The van der Waals surface area contributed by atoms with Gasteiger partial charge in [-0.2, -0.15) is 5.10 Å². The van der Waals surface area contributed by atoms with Crippen LogP contribution in [-0.4, -0.2) is 28.8 Å². The highest BCUT2D eigenvalue weighted by atomic mass is 127. The molecule has 2 N–H and O–H groups in total. The van der Waals surface area contributed by atoms with Gasteiger partial charge >= 0.3 is 0 Å². The van der Waals surface area contributed by atoms with Gasteiger partial charge < -0.3 is 10.6 Å². The van der Waals surface area contributed by atoms with Crippen LogP contribution in [0.5, 0.6) is 0 Å². The maximum Gasteiger partial charge on any atom is 0.191 e. The summed E-state index contributed by atoms with van der Waals surface area (Å²) in [6, 6.07) is 10.4. The third-order valence-corrected chi connectivity index (χ3v) is 4.46. The van der Waals surface area contributed by atoms with E-state index in [1.54, 1.807) is 6.20 Å². The second-order valence-electron chi connectivity index (χ2n) is 6.39. The fourth-order valence-electron chi connectivity index (χ4n) is 2.37. The molecule has 0 spiro atoms. The average Bonchev–Trinajstić information content (AvgIpc) is 2.95. The first-order chi connectivity index (χ1) is 11.4. The highest BCUT2D eigenvalue weighted by molar-refractivity contribution is 14.0. The van der Waals surface area contributed by atoms with Gasteiger partial charge in [0.2, 0.25) is 0 Å². The van der Waals surface area contributed by atoms with E-state index in [2.05, 4.69) is 75.6 Å². The normalized spacial score (nSPS) is 11.8. The second-order valence-corrected chi connectivity index (χ2v) is 7.30. The van der Waals surface area contributed by atoms with E-state index < -0.39 is 0 Å². The first kappa shape index (κ1) is 22.0. The number of aryl methyl sites for hydroxylation is 1. The van der Waals surface area contributed by atoms with E-state index in [0.717, 1.165) is 29.2 Å². The molecular formula is C18H27BrIN5. The summed E-state index contributed by atoms with van der Waals surface area (Å²) >= 11 is 3.55. The highest BCUT2D eigenvalue weighted by Crippen LogP contribution is 2.25. The van der Waals surface area contributed by atoms with Crippen molar-refractivity contribution in [2.45, 2.75) is 32.7 Å². The standard InChI is InChI=1S/C18H26BrN5.HI/c1-5-20-17(21-12-16-9-10-23-24(16)4)22-13-18(2,3)14-7-6-8-15(19)11-14;/h6-11H,5,12-13H2,1-4H3,(H2,20,21,22);1H. The molecule has 0 aliphatic heterocycles. The van der Waals surface area contributed by atoms with Crippen molar-refractivity contribution in [3.8, 4) is 0 Å². The molecule has 0 unspecified atom stereocenters. The van der Waals surface area contributed by atoms with Crippen LogP contribution in [0.25, 0.3) is 0 Å². The van der Waals surface area contributed by atoms with Crippen LogP contribution in [-0.2, 0) is 19.0 Å². The Balaban J connectivity index is 0.00000312. The van der Waals surface area contributed by atoms with Crippen molar-refractivity contribution < 1.29 is 0 Å². The van der Waals surface area contributed by atoms with Crippen LogP contribution < -0.4 is 10.6 Å². The molecular weight excluding hydrogens is 493 g/mol. The monoisotopic (exact) mass is 519 g/mol. The Labute approximate surface area is 175 Å². The number of hydrogen-bond donors (Lipinski definition) is 2. The summed E-state index contributed by atoms with van der Waals surface area (Å²) in [5, 5.41) is 10.9. The van der Waals surface area contributed by atoms with Gasteiger partial charge in [0.15, 0.2) is 5.96 Å². The van der Waals surface area contributed by atoms with Crippen molar-refractivity contribution in [1.82, 2.24) is 20.4 Å². The molecule has 0 saturated heterocycles. The molecule has 5 nitrogen and oxygen atoms in total. The summed E-state index contributed by atoms with van der Waals surface area (Å²) in [5.74, 6) is 0.821. The Morgan fingerprint density at radius 2 is 2.04 bits per heavy atom. The predicted molar refractivity (Wildman–Crippen MR) is 119 cm³/mol. The van der Waals surface area contributed by atoms with Gasteiger partial charge in [0.1, 0.15) is 0 Å². The molecule has 1 aromatic carbocycles. The molecule has 2 rings (SSSR count). The minimum absolute atomic E-state index is 0. The van der Waals surface area contributed by atoms with Gasteiger partial charge in [0.25, 0.3) is 0 Å². The van der Waals surface area contributed by atoms with E-state index in [4.69, 9.17) is 0 Å². The van der Waals surface area contributed by atoms with E-state index in [9.17, 15) is 0 Å². The molecule has 0 fully saturated rings. The zero-order valence-electron chi connectivity index (χ0n) is 15.2. The summed E-state index contributed by atoms with van der Waals surface area (Å²) in [7, 11) is 1.93. The van der Waals surface area contributed by atoms with Crippen molar-refractivity contribution in [2.75, 3.05) is 13.1 Å². The predicted octanol–water partition coefficient (Wildman–Crippen LogP) is 3.83. The molecule has 0 atom stereocenters. The van der Waals surface area contributed by atoms with Gasteiger partial charge in [-0.05, 0) is 30.7 Å². The van der Waals surface area contributed by atoms with Crippen molar-refractivity contribution in [3.05, 3.63) is 52.3 Å². The van der Waals surface area contributed by atoms with Gasteiger partial charge in [0.05, 0.1) is 12.2 Å². The van der Waals surface area contributed by atoms with Crippen molar-refractivity contribution in [1.29, 1.82) is 0 Å². The lowest BCUT2D eigenvalue weighted by molar-refractivity contribution is 0.508. The number of hydrogen-bond acceptors (Lipinski definition) is 2. The number of guanidine groups is 1. The Kier molecular flexibility index (Phi) is 8.92. The Bertz CT molecular complexity index is 696. The molecule has 0 aliphatic carbocycles. The average molecular weight is 520 g/mol. The van der Waals surface area contributed by atoms with E-state index in [0.29, 0.717) is 6.54 Å². The topological polar surface area (TPSA) is 54.2 Å². The zero-order chi connectivity index (χ0) is 17.6. The van der Waals surface area contributed by atoms with Crippen LogP contribution in [0.15, 0.2) is 46.0 Å². The summed E-state index contributed by atoms with van der Waals surface area (Å²) in [4.78, 5) is 4.66. The molecule has 0 saturated carbocycles. The quantitative estimate of drug-likeness (QED) is 0.346. The molecule has 1 aromatic heterocycles. The highest BCUT2D eigenvalue weighted by Gasteiger charge is 2.21. The first-order valence-electron chi connectivity index (χ1n) is 8.17. The number of aliphatic imine (C=N–C) groups is 1. The fraction of sp³-hybridized carbons (Fsp3) is 0.444. The SMILES string of the molecule is CCNC(=NCc1ccnn1C)NCC(C)(C)c1cccc(Br)c1.I. The fourth-order valence-corrected chi connectivity index (χ4v) is 2.77. The van der Waals surface area contributed by atoms with Gasteiger partial charge in [-0.25, -0.2) is 4.99 Å².